The number of imidazole rings is 1. The molecule has 0 fully saturated rings. The smallest absolute Gasteiger partial charge is 0.108 e. The predicted octanol–water partition coefficient (Wildman–Crippen LogP) is 2.04. The highest BCUT2D eigenvalue weighted by atomic mass is 16.5. The van der Waals surface area contributed by atoms with Gasteiger partial charge in [-0.05, 0) is 13.3 Å². The van der Waals surface area contributed by atoms with E-state index in [2.05, 4.69) is 23.4 Å². The van der Waals surface area contributed by atoms with Crippen molar-refractivity contribution in [3.05, 3.63) is 18.2 Å². The lowest BCUT2D eigenvalue weighted by Crippen LogP contribution is -2.10. The van der Waals surface area contributed by atoms with Gasteiger partial charge >= 0.3 is 0 Å². The number of aromatic nitrogens is 2. The van der Waals surface area contributed by atoms with Gasteiger partial charge in [0.1, 0.15) is 5.82 Å². The summed E-state index contributed by atoms with van der Waals surface area (Å²) in [5.74, 6) is 1.16. The van der Waals surface area contributed by atoms with Crippen molar-refractivity contribution in [3.8, 4) is 0 Å². The van der Waals surface area contributed by atoms with Crippen molar-refractivity contribution in [1.82, 2.24) is 9.55 Å². The summed E-state index contributed by atoms with van der Waals surface area (Å²) in [7, 11) is 1.74. The first-order valence-corrected chi connectivity index (χ1v) is 4.80. The third-order valence-electron chi connectivity index (χ3n) is 2.28. The molecular weight excluding hydrogens is 164 g/mol. The highest BCUT2D eigenvalue weighted by Gasteiger charge is 2.07. The maximum Gasteiger partial charge on any atom is 0.108 e. The molecule has 1 heterocycles. The second-order valence-corrected chi connectivity index (χ2v) is 3.23. The summed E-state index contributed by atoms with van der Waals surface area (Å²) in [4.78, 5) is 4.29. The molecule has 1 aromatic heterocycles. The van der Waals surface area contributed by atoms with Crippen LogP contribution in [0.25, 0.3) is 0 Å². The fourth-order valence-electron chi connectivity index (χ4n) is 1.45. The van der Waals surface area contributed by atoms with Crippen molar-refractivity contribution in [1.29, 1.82) is 0 Å². The van der Waals surface area contributed by atoms with E-state index in [1.54, 1.807) is 7.11 Å². The van der Waals surface area contributed by atoms with Crippen molar-refractivity contribution in [3.63, 3.8) is 0 Å². The molecule has 74 valence electrons. The van der Waals surface area contributed by atoms with Gasteiger partial charge in [0.15, 0.2) is 0 Å². The van der Waals surface area contributed by atoms with Gasteiger partial charge in [0, 0.05) is 38.6 Å². The second kappa shape index (κ2) is 5.02. The number of methoxy groups -OCH3 is 1. The van der Waals surface area contributed by atoms with E-state index in [0.29, 0.717) is 6.04 Å². The largest absolute Gasteiger partial charge is 0.385 e. The van der Waals surface area contributed by atoms with Crippen molar-refractivity contribution in [2.45, 2.75) is 32.7 Å². The lowest BCUT2D eigenvalue weighted by atomic mass is 10.2. The predicted molar refractivity (Wildman–Crippen MR) is 52.8 cm³/mol. The summed E-state index contributed by atoms with van der Waals surface area (Å²) >= 11 is 0. The fraction of sp³-hybridized carbons (Fsp3) is 0.700. The molecule has 0 radical (unpaired) electrons. The number of ether oxygens (including phenoxy) is 1. The molecule has 0 aliphatic carbocycles. The lowest BCUT2D eigenvalue weighted by molar-refractivity contribution is 0.180. The minimum atomic E-state index is 0.484. The first-order chi connectivity index (χ1) is 6.29. The van der Waals surface area contributed by atoms with E-state index in [1.165, 1.54) is 0 Å². The molecule has 0 aliphatic rings. The van der Waals surface area contributed by atoms with E-state index in [-0.39, 0.29) is 0 Å². The number of hydrogen-bond acceptors (Lipinski definition) is 2. The van der Waals surface area contributed by atoms with Crippen molar-refractivity contribution < 1.29 is 4.74 Å². The molecular formula is C10H18N2O. The highest BCUT2D eigenvalue weighted by molar-refractivity contribution is 4.93. The zero-order valence-electron chi connectivity index (χ0n) is 8.66. The number of hydrogen-bond donors (Lipinski definition) is 0. The van der Waals surface area contributed by atoms with Crippen LogP contribution in [0, 0.1) is 0 Å². The average molecular weight is 182 g/mol. The van der Waals surface area contributed by atoms with Gasteiger partial charge < -0.3 is 9.30 Å². The van der Waals surface area contributed by atoms with Crippen LogP contribution in [0.5, 0.6) is 0 Å². The highest BCUT2D eigenvalue weighted by Crippen LogP contribution is 2.13. The molecule has 0 saturated carbocycles. The molecule has 0 N–H and O–H groups in total. The summed E-state index contributed by atoms with van der Waals surface area (Å²) in [6, 6.07) is 0.484. The van der Waals surface area contributed by atoms with Gasteiger partial charge in [-0.25, -0.2) is 4.98 Å². The van der Waals surface area contributed by atoms with Crippen LogP contribution < -0.4 is 0 Å². The Hall–Kier alpha value is -0.830. The average Bonchev–Trinajstić information content (AvgIpc) is 2.61. The van der Waals surface area contributed by atoms with E-state index in [1.807, 2.05) is 12.4 Å². The van der Waals surface area contributed by atoms with Crippen LogP contribution in [0.1, 0.15) is 32.1 Å². The van der Waals surface area contributed by atoms with Gasteiger partial charge in [-0.1, -0.05) is 6.92 Å². The molecule has 3 nitrogen and oxygen atoms in total. The van der Waals surface area contributed by atoms with Crippen LogP contribution in [0.2, 0.25) is 0 Å². The van der Waals surface area contributed by atoms with Crippen molar-refractivity contribution >= 4 is 0 Å². The number of rotatable bonds is 5. The van der Waals surface area contributed by atoms with Gasteiger partial charge in [0.25, 0.3) is 0 Å². The second-order valence-electron chi connectivity index (χ2n) is 3.23. The zero-order chi connectivity index (χ0) is 9.68. The van der Waals surface area contributed by atoms with E-state index < -0.39 is 0 Å². The molecule has 0 spiro atoms. The molecule has 0 amide bonds. The summed E-state index contributed by atoms with van der Waals surface area (Å²) in [6.45, 7) is 5.13. The van der Waals surface area contributed by atoms with Crippen LogP contribution in [-0.4, -0.2) is 23.3 Å². The van der Waals surface area contributed by atoms with E-state index in [9.17, 15) is 0 Å². The Bertz CT molecular complexity index is 245. The Labute approximate surface area is 79.7 Å². The molecule has 0 saturated heterocycles. The third-order valence-corrected chi connectivity index (χ3v) is 2.28. The monoisotopic (exact) mass is 182 g/mol. The Kier molecular flexibility index (Phi) is 3.96. The van der Waals surface area contributed by atoms with Crippen LogP contribution in [0.15, 0.2) is 12.4 Å². The van der Waals surface area contributed by atoms with E-state index >= 15 is 0 Å². The molecule has 1 aromatic rings. The van der Waals surface area contributed by atoms with Crippen LogP contribution >= 0.6 is 0 Å². The standard InChI is InChI=1S/C10H18N2O/c1-4-10-11-6-7-12(10)9(2)5-8-13-3/h6-7,9H,4-5,8H2,1-3H3. The molecule has 3 heteroatoms. The van der Waals surface area contributed by atoms with Gasteiger partial charge in [0.05, 0.1) is 0 Å². The molecule has 1 unspecified atom stereocenters. The topological polar surface area (TPSA) is 27.1 Å². The molecule has 0 bridgehead atoms. The van der Waals surface area contributed by atoms with Crippen LogP contribution in [0.4, 0.5) is 0 Å². The van der Waals surface area contributed by atoms with Crippen molar-refractivity contribution in [2.24, 2.45) is 0 Å². The van der Waals surface area contributed by atoms with Crippen LogP contribution in [0.3, 0.4) is 0 Å². The normalized spacial score (nSPS) is 13.2. The van der Waals surface area contributed by atoms with Gasteiger partial charge in [-0.2, -0.15) is 0 Å². The SMILES string of the molecule is CCc1nccn1C(C)CCOC. The summed E-state index contributed by atoms with van der Waals surface area (Å²) in [5.41, 5.74) is 0. The van der Waals surface area contributed by atoms with Crippen molar-refractivity contribution in [2.75, 3.05) is 13.7 Å². The first-order valence-electron chi connectivity index (χ1n) is 4.80. The molecule has 1 atom stereocenters. The molecule has 0 aliphatic heterocycles. The van der Waals surface area contributed by atoms with E-state index in [4.69, 9.17) is 4.74 Å². The quantitative estimate of drug-likeness (QED) is 0.696. The molecule has 13 heavy (non-hydrogen) atoms. The first kappa shape index (κ1) is 10.3. The molecule has 0 aromatic carbocycles. The zero-order valence-corrected chi connectivity index (χ0v) is 8.66. The van der Waals surface area contributed by atoms with Gasteiger partial charge in [-0.15, -0.1) is 0 Å². The third kappa shape index (κ3) is 2.56. The van der Waals surface area contributed by atoms with Crippen LogP contribution in [-0.2, 0) is 11.2 Å². The summed E-state index contributed by atoms with van der Waals surface area (Å²) in [6.07, 6.45) is 5.94. The lowest BCUT2D eigenvalue weighted by Gasteiger charge is -2.15. The fourth-order valence-corrected chi connectivity index (χ4v) is 1.45. The molecule has 1 rings (SSSR count). The minimum absolute atomic E-state index is 0.484. The maximum atomic E-state index is 5.05. The summed E-state index contributed by atoms with van der Waals surface area (Å²) in [5, 5.41) is 0. The number of nitrogens with zero attached hydrogens (tertiary/aromatic N) is 2. The van der Waals surface area contributed by atoms with Gasteiger partial charge in [0.2, 0.25) is 0 Å². The minimum Gasteiger partial charge on any atom is -0.385 e. The summed E-state index contributed by atoms with van der Waals surface area (Å²) < 4.78 is 7.27. The Morgan fingerprint density at radius 3 is 3.00 bits per heavy atom. The van der Waals surface area contributed by atoms with E-state index in [0.717, 1.165) is 25.3 Å². The Morgan fingerprint density at radius 2 is 2.38 bits per heavy atom. The Balaban J connectivity index is 2.59. The van der Waals surface area contributed by atoms with Gasteiger partial charge in [-0.3, -0.25) is 0 Å². The maximum absolute atomic E-state index is 5.05. The number of aryl methyl sites for hydroxylation is 1. The Morgan fingerprint density at radius 1 is 1.62 bits per heavy atom.